The second kappa shape index (κ2) is 37.0. The van der Waals surface area contributed by atoms with E-state index in [0.29, 0.717) is 140 Å². The van der Waals surface area contributed by atoms with Crippen molar-refractivity contribution in [1.29, 1.82) is 0 Å². The minimum atomic E-state index is -2.67. The summed E-state index contributed by atoms with van der Waals surface area (Å²) in [7, 11) is 0. The van der Waals surface area contributed by atoms with E-state index in [1.165, 1.54) is 0 Å². The molecule has 3 atom stereocenters. The van der Waals surface area contributed by atoms with Crippen LogP contribution in [-0.2, 0) is 72.0 Å². The Morgan fingerprint density at radius 1 is 0.645 bits per heavy atom. The Morgan fingerprint density at radius 3 is 1.87 bits per heavy atom. The van der Waals surface area contributed by atoms with Gasteiger partial charge in [-0.25, -0.2) is 26.6 Å². The summed E-state index contributed by atoms with van der Waals surface area (Å²) in [5, 5.41) is 23.7. The number of rotatable bonds is 42. The third-order valence-electron chi connectivity index (χ3n) is 17.3. The maximum atomic E-state index is 13.9. The second-order valence-electron chi connectivity index (χ2n) is 23.9. The number of aromatic nitrogens is 6. The number of halogens is 5. The van der Waals surface area contributed by atoms with Gasteiger partial charge in [0.1, 0.15) is 23.2 Å². The average Bonchev–Trinajstić information content (AvgIpc) is 1.64. The van der Waals surface area contributed by atoms with E-state index in [9.17, 15) is 36.3 Å². The van der Waals surface area contributed by atoms with Crippen LogP contribution in [0.15, 0.2) is 72.9 Å². The molecule has 93 heavy (non-hydrogen) atoms. The third kappa shape index (κ3) is 22.6. The Hall–Kier alpha value is -6.40. The molecule has 2 unspecified atom stereocenters. The van der Waals surface area contributed by atoms with Crippen LogP contribution in [0.4, 0.5) is 22.0 Å². The lowest BCUT2D eigenvalue weighted by atomic mass is 9.81. The van der Waals surface area contributed by atoms with Crippen molar-refractivity contribution in [2.24, 2.45) is 5.92 Å². The maximum absolute atomic E-state index is 13.9. The number of carbonyl (C=O) groups excluding carboxylic acids is 3. The van der Waals surface area contributed by atoms with Gasteiger partial charge in [-0.3, -0.25) is 19.3 Å². The molecule has 5 aromatic rings. The molecule has 0 spiro atoms. The molecule has 9 rings (SSSR count). The van der Waals surface area contributed by atoms with Crippen molar-refractivity contribution in [3.63, 3.8) is 0 Å². The van der Waals surface area contributed by atoms with Gasteiger partial charge < -0.3 is 62.6 Å². The highest BCUT2D eigenvalue weighted by Gasteiger charge is 2.44. The zero-order valence-electron chi connectivity index (χ0n) is 52.9. The molecule has 2 aliphatic heterocycles. The topological polar surface area (TPSA) is 232 Å². The monoisotopic (exact) mass is 1310 g/mol. The van der Waals surface area contributed by atoms with E-state index in [2.05, 4.69) is 47.2 Å². The van der Waals surface area contributed by atoms with Crippen LogP contribution in [0, 0.1) is 30.3 Å². The quantitative estimate of drug-likeness (QED) is 0.0162. The molecule has 4 heterocycles. The number of amides is 2. The van der Waals surface area contributed by atoms with Gasteiger partial charge >= 0.3 is 5.97 Å². The Labute approximate surface area is 539 Å². The number of hydrogen-bond acceptors (Lipinski definition) is 18. The van der Waals surface area contributed by atoms with Gasteiger partial charge in [-0.05, 0) is 88.0 Å². The van der Waals surface area contributed by atoms with Gasteiger partial charge in [-0.15, -0.1) is 15.3 Å². The van der Waals surface area contributed by atoms with Crippen molar-refractivity contribution in [2.75, 3.05) is 112 Å². The summed E-state index contributed by atoms with van der Waals surface area (Å²) in [6.45, 7) is 9.36. The number of aryl methyl sites for hydroxylation is 1. The number of piperidine rings is 1. The fourth-order valence-corrected chi connectivity index (χ4v) is 12.2. The van der Waals surface area contributed by atoms with Crippen molar-refractivity contribution in [1.82, 2.24) is 45.3 Å². The van der Waals surface area contributed by atoms with Gasteiger partial charge in [-0.2, -0.15) is 0 Å². The number of alkyl halides is 2. The van der Waals surface area contributed by atoms with Crippen molar-refractivity contribution < 1.29 is 83.7 Å². The highest BCUT2D eigenvalue weighted by molar-refractivity contribution is 5.94. The van der Waals surface area contributed by atoms with E-state index in [1.54, 1.807) is 10.9 Å². The molecule has 3 aromatic carbocycles. The predicted molar refractivity (Wildman–Crippen MR) is 327 cm³/mol. The summed E-state index contributed by atoms with van der Waals surface area (Å²) in [6, 6.07) is 19.3. The summed E-state index contributed by atoms with van der Waals surface area (Å²) in [5.41, 5.74) is 3.27. The minimum absolute atomic E-state index is 0.0542. The van der Waals surface area contributed by atoms with E-state index in [4.69, 9.17) is 47.7 Å². The standard InChI is InChI=1S/C66H88F5N9O13/c1-46-74-76-63(80(46)56-41-54-11-12-55(42-56)79(54)20-15-60(48-5-3-2-4-6-48)73-65(83)50-13-17-66(70,71)18-14-50)51-37-57(38-51)92-44-47-7-9-49(10-8-47)64(82)72-19-23-85-26-29-88-33-34-90-35-36-91-45-53-43-78(77-75-53)21-24-86-27-30-89-32-31-87-28-25-84-22-16-61(81)93-62-58(68)39-52(67)40-59(62)69/h2-10,39-40,43,50-51,54-57,60H,11-38,41-42,44-45H2,1H3,(H,72,82)(H,73,83)/t51?,54?,55?,56?,57?,60-/m0/s1. The predicted octanol–water partition coefficient (Wildman–Crippen LogP) is 8.36. The second-order valence-corrected chi connectivity index (χ2v) is 23.9. The molecule has 4 fully saturated rings. The summed E-state index contributed by atoms with van der Waals surface area (Å²) in [6.07, 6.45) is 8.43. The van der Waals surface area contributed by atoms with Gasteiger partial charge in [0.25, 0.3) is 5.91 Å². The lowest BCUT2D eigenvalue weighted by Crippen LogP contribution is -2.45. The molecule has 2 amide bonds. The molecule has 0 radical (unpaired) electrons. The SMILES string of the molecule is Cc1nnc(C2CC(OCc3ccc(C(=O)NCCOCCOCCOCCOCc4cn(CCOCCOCCOCCOCCC(=O)Oc5c(F)cc(F)cc5F)nn4)cc3)C2)n1C1CC2CCC(C1)N2CC[C@H](NC(=O)C1CCC(F)(F)CC1)c1ccccc1. The molecule has 22 nitrogen and oxygen atoms in total. The number of benzene rings is 3. The first-order valence-electron chi connectivity index (χ1n) is 32.5. The minimum Gasteiger partial charge on any atom is -0.420 e. The van der Waals surface area contributed by atoms with Gasteiger partial charge in [0, 0.05) is 73.6 Å². The highest BCUT2D eigenvalue weighted by atomic mass is 19.3. The van der Waals surface area contributed by atoms with E-state index >= 15 is 0 Å². The van der Waals surface area contributed by atoms with Gasteiger partial charge in [0.05, 0.1) is 144 Å². The van der Waals surface area contributed by atoms with Crippen LogP contribution < -0.4 is 15.4 Å². The Bertz CT molecular complexity index is 3030. The van der Waals surface area contributed by atoms with Gasteiger partial charge in [-0.1, -0.05) is 47.7 Å². The van der Waals surface area contributed by atoms with Crippen LogP contribution >= 0.6 is 0 Å². The van der Waals surface area contributed by atoms with Crippen molar-refractivity contribution >= 4 is 17.8 Å². The van der Waals surface area contributed by atoms with Crippen LogP contribution in [0.25, 0.3) is 0 Å². The molecule has 2 saturated heterocycles. The Kier molecular flexibility index (Phi) is 28.2. The first-order chi connectivity index (χ1) is 45.2. The maximum Gasteiger partial charge on any atom is 0.313 e. The number of nitrogens with one attached hydrogen (secondary N) is 2. The first kappa shape index (κ1) is 70.9. The van der Waals surface area contributed by atoms with E-state index in [1.807, 2.05) is 54.6 Å². The van der Waals surface area contributed by atoms with Crippen LogP contribution in [0.5, 0.6) is 5.75 Å². The number of esters is 1. The van der Waals surface area contributed by atoms with Crippen LogP contribution in [0.1, 0.15) is 134 Å². The van der Waals surface area contributed by atoms with Crippen LogP contribution in [0.2, 0.25) is 0 Å². The smallest absolute Gasteiger partial charge is 0.313 e. The molecular weight excluding hydrogens is 1220 g/mol. The van der Waals surface area contributed by atoms with E-state index in [-0.39, 0.29) is 94.3 Å². The molecule has 2 N–H and O–H groups in total. The summed E-state index contributed by atoms with van der Waals surface area (Å²) < 4.78 is 127. The van der Waals surface area contributed by atoms with E-state index in [0.717, 1.165) is 74.3 Å². The fraction of sp³-hybridized carbons (Fsp3) is 0.621. The molecule has 2 aliphatic carbocycles. The summed E-state index contributed by atoms with van der Waals surface area (Å²) >= 11 is 0. The summed E-state index contributed by atoms with van der Waals surface area (Å²) in [4.78, 5) is 40.7. The lowest BCUT2D eigenvalue weighted by Gasteiger charge is -2.42. The Morgan fingerprint density at radius 2 is 1.24 bits per heavy atom. The van der Waals surface area contributed by atoms with Gasteiger partial charge in [0.2, 0.25) is 17.6 Å². The van der Waals surface area contributed by atoms with Crippen LogP contribution in [-0.4, -0.2) is 189 Å². The fourth-order valence-electron chi connectivity index (χ4n) is 12.2. The normalized spacial score (nSPS) is 20.0. The average molecular weight is 1310 g/mol. The number of ether oxygens (including phenoxy) is 10. The highest BCUT2D eigenvalue weighted by Crippen LogP contribution is 2.45. The van der Waals surface area contributed by atoms with Crippen molar-refractivity contribution in [2.45, 2.75) is 146 Å². The molecule has 2 bridgehead atoms. The number of hydrogen-bond donors (Lipinski definition) is 2. The van der Waals surface area contributed by atoms with Crippen molar-refractivity contribution in [3.05, 3.63) is 124 Å². The molecule has 27 heteroatoms. The number of fused-ring (bicyclic) bond motifs is 2. The van der Waals surface area contributed by atoms with Crippen LogP contribution in [0.3, 0.4) is 0 Å². The molecule has 4 aliphatic rings. The van der Waals surface area contributed by atoms with Crippen molar-refractivity contribution in [3.8, 4) is 5.75 Å². The molecule has 2 aromatic heterocycles. The zero-order valence-corrected chi connectivity index (χ0v) is 52.9. The zero-order chi connectivity index (χ0) is 65.2. The molecule has 510 valence electrons. The third-order valence-corrected chi connectivity index (χ3v) is 17.3. The van der Waals surface area contributed by atoms with Gasteiger partial charge in [0.15, 0.2) is 11.6 Å². The number of carbonyl (C=O) groups is 3. The number of nitrogens with zero attached hydrogens (tertiary/aromatic N) is 7. The molecule has 2 saturated carbocycles. The summed E-state index contributed by atoms with van der Waals surface area (Å²) in [5.74, 6) is -6.69. The first-order valence-corrected chi connectivity index (χ1v) is 32.5. The molecular formula is C66H88F5N9O13. The van der Waals surface area contributed by atoms with E-state index < -0.39 is 35.1 Å². The largest absolute Gasteiger partial charge is 0.420 e. The Balaban J connectivity index is 0.531. The lowest BCUT2D eigenvalue weighted by molar-refractivity contribution is -0.136.